The number of carbonyl (C=O) groups excluding carboxylic acids is 2. The molecule has 1 saturated heterocycles. The summed E-state index contributed by atoms with van der Waals surface area (Å²) >= 11 is 3.65. The molecule has 14 nitrogen and oxygen atoms in total. The SMILES string of the molecule is Nc1nc(CO/N=C(\C(=O)NC2C(=O)N3C(C(=O)O)=C(C[n+]4cccc(O)c4)CS[C@@H]23)c2csc(N)n2)cs1. The Morgan fingerprint density at radius 1 is 1.26 bits per heavy atom. The van der Waals surface area contributed by atoms with Crippen LogP contribution in [0.15, 0.2) is 51.7 Å². The van der Waals surface area contributed by atoms with Gasteiger partial charge in [0.2, 0.25) is 6.20 Å². The minimum Gasteiger partial charge on any atom is -0.503 e. The van der Waals surface area contributed by atoms with E-state index in [2.05, 4.69) is 20.4 Å². The molecule has 2 aliphatic heterocycles. The van der Waals surface area contributed by atoms with Crippen molar-refractivity contribution in [2.75, 3.05) is 17.2 Å². The minimum atomic E-state index is -1.26. The van der Waals surface area contributed by atoms with Crippen molar-refractivity contribution in [3.05, 3.63) is 57.9 Å². The number of nitrogens with zero attached hydrogens (tertiary/aromatic N) is 5. The lowest BCUT2D eigenvalue weighted by molar-refractivity contribution is -0.689. The van der Waals surface area contributed by atoms with Crippen LogP contribution in [0.25, 0.3) is 0 Å². The molecule has 1 unspecified atom stereocenters. The molecule has 0 bridgehead atoms. The molecule has 39 heavy (non-hydrogen) atoms. The Balaban J connectivity index is 1.32. The Bertz CT molecular complexity index is 1520. The summed E-state index contributed by atoms with van der Waals surface area (Å²) in [4.78, 5) is 53.1. The average Bonchev–Trinajstić information content (AvgIpc) is 3.52. The summed E-state index contributed by atoms with van der Waals surface area (Å²) in [7, 11) is 0. The summed E-state index contributed by atoms with van der Waals surface area (Å²) in [6.45, 7) is 0.117. The number of aromatic hydroxyl groups is 1. The number of anilines is 2. The van der Waals surface area contributed by atoms with E-state index >= 15 is 0 Å². The Kier molecular flexibility index (Phi) is 7.36. The molecule has 0 aromatic carbocycles. The second kappa shape index (κ2) is 10.9. The molecule has 202 valence electrons. The number of carboxylic acids is 1. The largest absolute Gasteiger partial charge is 0.503 e. The standard InChI is InChI=1S/C22H20N8O6S3/c23-21-25-11(8-38-21)6-36-28-14(13-9-39-22(24)26-13)17(32)27-15-18(33)30-16(20(34)35)10(7-37-19(15)30)4-29-3-1-2-12(31)5-29/h1-3,5,8-9,15,19H,4,6-7H2,(H6-,23,24,25,26,27,31,32,34,35)/p+1/b28-14-/t15?,19-/m0/s1. The van der Waals surface area contributed by atoms with Gasteiger partial charge in [-0.15, -0.1) is 34.4 Å². The number of hydrogen-bond acceptors (Lipinski definition) is 13. The monoisotopic (exact) mass is 589 g/mol. The number of nitrogens with one attached hydrogen (secondary N) is 1. The highest BCUT2D eigenvalue weighted by atomic mass is 32.2. The van der Waals surface area contributed by atoms with Crippen LogP contribution in [-0.2, 0) is 32.4 Å². The molecule has 2 aliphatic rings. The van der Waals surface area contributed by atoms with Gasteiger partial charge < -0.3 is 31.8 Å². The van der Waals surface area contributed by atoms with Crippen molar-refractivity contribution in [2.24, 2.45) is 5.16 Å². The summed E-state index contributed by atoms with van der Waals surface area (Å²) in [6, 6.07) is 2.13. The van der Waals surface area contributed by atoms with Gasteiger partial charge in [0.25, 0.3) is 11.8 Å². The van der Waals surface area contributed by atoms with E-state index in [0.29, 0.717) is 22.2 Å². The smallest absolute Gasteiger partial charge is 0.352 e. The number of fused-ring (bicyclic) bond motifs is 1. The molecule has 0 spiro atoms. The number of thioether (sulfide) groups is 1. The number of carbonyl (C=O) groups is 3. The number of amides is 2. The van der Waals surface area contributed by atoms with E-state index in [-0.39, 0.29) is 41.1 Å². The highest BCUT2D eigenvalue weighted by Crippen LogP contribution is 2.40. The molecule has 2 atom stereocenters. The number of β-lactam (4-membered cyclic amide) rings is 1. The van der Waals surface area contributed by atoms with E-state index < -0.39 is 29.2 Å². The van der Waals surface area contributed by atoms with Crippen molar-refractivity contribution in [1.29, 1.82) is 0 Å². The zero-order valence-corrected chi connectivity index (χ0v) is 22.3. The van der Waals surface area contributed by atoms with Gasteiger partial charge in [0.05, 0.1) is 5.69 Å². The number of nitrogens with two attached hydrogens (primary N) is 2. The lowest BCUT2D eigenvalue weighted by Gasteiger charge is -2.49. The van der Waals surface area contributed by atoms with E-state index in [0.717, 1.165) is 11.3 Å². The number of thiazole rings is 2. The summed E-state index contributed by atoms with van der Waals surface area (Å²) in [5, 5.41) is 29.3. The van der Waals surface area contributed by atoms with Crippen molar-refractivity contribution >= 4 is 68.2 Å². The van der Waals surface area contributed by atoms with Gasteiger partial charge in [-0.1, -0.05) is 5.16 Å². The number of oxime groups is 1. The van der Waals surface area contributed by atoms with Crippen molar-refractivity contribution < 1.29 is 34.0 Å². The van der Waals surface area contributed by atoms with Gasteiger partial charge in [-0.05, 0) is 6.07 Å². The Morgan fingerprint density at radius 3 is 2.69 bits per heavy atom. The first-order valence-corrected chi connectivity index (χ1v) is 14.0. The first kappa shape index (κ1) is 26.4. The fourth-order valence-electron chi connectivity index (χ4n) is 3.99. The third-order valence-corrected chi connectivity index (χ3v) is 8.41. The summed E-state index contributed by atoms with van der Waals surface area (Å²) in [5.74, 6) is -2.25. The summed E-state index contributed by atoms with van der Waals surface area (Å²) < 4.78 is 1.63. The van der Waals surface area contributed by atoms with Crippen molar-refractivity contribution in [3.8, 4) is 5.75 Å². The van der Waals surface area contributed by atoms with Crippen LogP contribution in [0, 0.1) is 0 Å². The predicted molar refractivity (Wildman–Crippen MR) is 142 cm³/mol. The molecule has 0 radical (unpaired) electrons. The fourth-order valence-corrected chi connectivity index (χ4v) is 6.42. The quantitative estimate of drug-likeness (QED) is 0.0979. The highest BCUT2D eigenvalue weighted by Gasteiger charge is 2.54. The van der Waals surface area contributed by atoms with Crippen molar-refractivity contribution in [2.45, 2.75) is 24.6 Å². The molecule has 1 fully saturated rings. The topological polar surface area (TPSA) is 210 Å². The second-order valence-corrected chi connectivity index (χ2v) is 11.2. The Hall–Kier alpha value is -4.22. The first-order chi connectivity index (χ1) is 18.7. The molecule has 7 N–H and O–H groups in total. The van der Waals surface area contributed by atoms with Gasteiger partial charge in [0, 0.05) is 28.2 Å². The highest BCUT2D eigenvalue weighted by molar-refractivity contribution is 8.00. The normalized spacial score (nSPS) is 18.9. The van der Waals surface area contributed by atoms with Gasteiger partial charge in [-0.3, -0.25) is 14.5 Å². The van der Waals surface area contributed by atoms with Crippen LogP contribution in [0.3, 0.4) is 0 Å². The van der Waals surface area contributed by atoms with Crippen LogP contribution in [0.1, 0.15) is 11.4 Å². The number of nitrogen functional groups attached to an aromatic ring is 2. The molecule has 5 heterocycles. The number of aromatic nitrogens is 3. The number of carboxylic acid groups (broad SMARTS) is 1. The van der Waals surface area contributed by atoms with Gasteiger partial charge in [-0.2, -0.15) is 4.57 Å². The van der Waals surface area contributed by atoms with Gasteiger partial charge in [0.15, 0.2) is 41.1 Å². The Morgan fingerprint density at radius 2 is 2.03 bits per heavy atom. The maximum Gasteiger partial charge on any atom is 0.352 e. The molecule has 2 amide bonds. The lowest BCUT2D eigenvalue weighted by atomic mass is 10.0. The molecular formula is C22H21N8O6S3+. The lowest BCUT2D eigenvalue weighted by Crippen LogP contribution is -2.71. The van der Waals surface area contributed by atoms with E-state index in [1.807, 2.05) is 0 Å². The molecule has 17 heteroatoms. The van der Waals surface area contributed by atoms with E-state index in [1.165, 1.54) is 45.6 Å². The maximum atomic E-state index is 13.2. The molecule has 0 saturated carbocycles. The minimum absolute atomic E-state index is 0.0261. The van der Waals surface area contributed by atoms with Gasteiger partial charge in [0.1, 0.15) is 22.8 Å². The number of aliphatic carboxylic acids is 1. The van der Waals surface area contributed by atoms with Gasteiger partial charge >= 0.3 is 5.97 Å². The Labute approximate surface area is 232 Å². The van der Waals surface area contributed by atoms with Crippen LogP contribution in [-0.4, -0.2) is 65.7 Å². The molecular weight excluding hydrogens is 568 g/mol. The van der Waals surface area contributed by atoms with E-state index in [9.17, 15) is 24.6 Å². The van der Waals surface area contributed by atoms with E-state index in [4.69, 9.17) is 16.3 Å². The number of pyridine rings is 1. The second-order valence-electron chi connectivity index (χ2n) is 8.31. The van der Waals surface area contributed by atoms with Crippen LogP contribution in [0.5, 0.6) is 5.75 Å². The maximum absolute atomic E-state index is 13.2. The van der Waals surface area contributed by atoms with Crippen LogP contribution in [0.2, 0.25) is 0 Å². The molecule has 5 rings (SSSR count). The fraction of sp³-hybridized carbons (Fsp3) is 0.227. The van der Waals surface area contributed by atoms with Crippen molar-refractivity contribution in [1.82, 2.24) is 20.2 Å². The van der Waals surface area contributed by atoms with Crippen LogP contribution < -0.4 is 21.4 Å². The first-order valence-electron chi connectivity index (χ1n) is 11.2. The number of rotatable bonds is 9. The zero-order chi connectivity index (χ0) is 27.7. The average molecular weight is 590 g/mol. The van der Waals surface area contributed by atoms with Crippen LogP contribution >= 0.6 is 34.4 Å². The van der Waals surface area contributed by atoms with Crippen molar-refractivity contribution in [3.63, 3.8) is 0 Å². The van der Waals surface area contributed by atoms with E-state index in [1.54, 1.807) is 22.2 Å². The summed E-state index contributed by atoms with van der Waals surface area (Å²) in [5.41, 5.74) is 12.2. The van der Waals surface area contributed by atoms with Crippen LogP contribution in [0.4, 0.5) is 10.3 Å². The molecule has 3 aromatic heterocycles. The molecule has 3 aromatic rings. The zero-order valence-electron chi connectivity index (χ0n) is 19.9. The third-order valence-electron chi connectivity index (χ3n) is 5.67. The third kappa shape index (κ3) is 5.50. The number of hydrogen-bond donors (Lipinski definition) is 5. The summed E-state index contributed by atoms with van der Waals surface area (Å²) in [6.07, 6.45) is 3.14. The molecule has 0 aliphatic carbocycles. The van der Waals surface area contributed by atoms with Gasteiger partial charge in [-0.25, -0.2) is 14.8 Å². The predicted octanol–water partition coefficient (Wildman–Crippen LogP) is 0.117.